The van der Waals surface area contributed by atoms with Crippen LogP contribution in [0.2, 0.25) is 0 Å². The monoisotopic (exact) mass is 177 g/mol. The van der Waals surface area contributed by atoms with Crippen molar-refractivity contribution >= 4 is 0 Å². The van der Waals surface area contributed by atoms with Gasteiger partial charge in [0, 0.05) is 26.9 Å². The minimum Gasteiger partial charge on any atom is -0.396 e. The third kappa shape index (κ3) is 4.66. The lowest BCUT2D eigenvalue weighted by Gasteiger charge is -2.21. The highest BCUT2D eigenvalue weighted by molar-refractivity contribution is 4.66. The first kappa shape index (κ1) is 11.8. The second kappa shape index (κ2) is 7.49. The van der Waals surface area contributed by atoms with Crippen LogP contribution in [0.3, 0.4) is 0 Å². The summed E-state index contributed by atoms with van der Waals surface area (Å²) in [7, 11) is 1.63. The fourth-order valence-corrected chi connectivity index (χ4v) is 0.846. The molecule has 0 aliphatic carbocycles. The van der Waals surface area contributed by atoms with Gasteiger partial charge in [0.05, 0.1) is 12.2 Å². The van der Waals surface area contributed by atoms with Crippen LogP contribution in [0, 0.1) is 0 Å². The number of rotatable bonds is 7. The highest BCUT2D eigenvalue weighted by Crippen LogP contribution is 2.01. The van der Waals surface area contributed by atoms with E-state index in [1.54, 1.807) is 7.11 Å². The largest absolute Gasteiger partial charge is 0.396 e. The zero-order chi connectivity index (χ0) is 9.40. The van der Waals surface area contributed by atoms with Gasteiger partial charge in [0.15, 0.2) is 0 Å². The van der Waals surface area contributed by atoms with E-state index in [4.69, 9.17) is 20.3 Å². The van der Waals surface area contributed by atoms with Gasteiger partial charge in [-0.1, -0.05) is 0 Å². The quantitative estimate of drug-likeness (QED) is 0.526. The normalized spacial score (nSPS) is 16.0. The van der Waals surface area contributed by atoms with Crippen LogP contribution < -0.4 is 5.73 Å². The SMILES string of the molecule is COC(C)C(CN)OCCCO. The van der Waals surface area contributed by atoms with Gasteiger partial charge in [0.25, 0.3) is 0 Å². The molecule has 2 unspecified atom stereocenters. The van der Waals surface area contributed by atoms with Gasteiger partial charge in [-0.3, -0.25) is 0 Å². The number of hydrogen-bond acceptors (Lipinski definition) is 4. The molecule has 0 saturated heterocycles. The van der Waals surface area contributed by atoms with Crippen molar-refractivity contribution in [2.45, 2.75) is 25.6 Å². The number of aliphatic hydroxyl groups is 1. The molecule has 2 atom stereocenters. The Morgan fingerprint density at radius 3 is 2.58 bits per heavy atom. The highest BCUT2D eigenvalue weighted by atomic mass is 16.5. The van der Waals surface area contributed by atoms with Crippen molar-refractivity contribution in [3.63, 3.8) is 0 Å². The molecule has 3 N–H and O–H groups in total. The van der Waals surface area contributed by atoms with Crippen LogP contribution in [0.4, 0.5) is 0 Å². The van der Waals surface area contributed by atoms with Gasteiger partial charge in [-0.2, -0.15) is 0 Å². The Labute approximate surface area is 73.7 Å². The van der Waals surface area contributed by atoms with Gasteiger partial charge in [-0.15, -0.1) is 0 Å². The molecule has 4 nitrogen and oxygen atoms in total. The van der Waals surface area contributed by atoms with Crippen molar-refractivity contribution in [2.24, 2.45) is 5.73 Å². The summed E-state index contributed by atoms with van der Waals surface area (Å²) in [6.07, 6.45) is 0.586. The average molecular weight is 177 g/mol. The van der Waals surface area contributed by atoms with E-state index < -0.39 is 0 Å². The van der Waals surface area contributed by atoms with Crippen LogP contribution in [0.1, 0.15) is 13.3 Å². The van der Waals surface area contributed by atoms with Crippen LogP contribution in [0.15, 0.2) is 0 Å². The van der Waals surface area contributed by atoms with E-state index in [0.29, 0.717) is 19.6 Å². The predicted octanol–water partition coefficient (Wildman–Crippen LogP) is -0.252. The van der Waals surface area contributed by atoms with Crippen LogP contribution in [0.5, 0.6) is 0 Å². The molecule has 74 valence electrons. The molecule has 0 spiro atoms. The van der Waals surface area contributed by atoms with E-state index in [1.165, 1.54) is 0 Å². The van der Waals surface area contributed by atoms with Crippen LogP contribution in [0.25, 0.3) is 0 Å². The van der Waals surface area contributed by atoms with E-state index >= 15 is 0 Å². The first-order chi connectivity index (χ1) is 5.76. The van der Waals surface area contributed by atoms with Crippen molar-refractivity contribution < 1.29 is 14.6 Å². The molecule has 0 aliphatic rings. The van der Waals surface area contributed by atoms with Gasteiger partial charge in [0.2, 0.25) is 0 Å². The Hall–Kier alpha value is -0.160. The maximum Gasteiger partial charge on any atom is 0.0955 e. The third-order valence-corrected chi connectivity index (χ3v) is 1.76. The summed E-state index contributed by atoms with van der Waals surface area (Å²) < 4.78 is 10.4. The summed E-state index contributed by atoms with van der Waals surface area (Å²) >= 11 is 0. The number of nitrogens with two attached hydrogens (primary N) is 1. The van der Waals surface area contributed by atoms with Crippen molar-refractivity contribution in [1.82, 2.24) is 0 Å². The highest BCUT2D eigenvalue weighted by Gasteiger charge is 2.14. The Morgan fingerprint density at radius 1 is 1.50 bits per heavy atom. The van der Waals surface area contributed by atoms with Crippen molar-refractivity contribution in [2.75, 3.05) is 26.9 Å². The maximum absolute atomic E-state index is 8.51. The fourth-order valence-electron chi connectivity index (χ4n) is 0.846. The van der Waals surface area contributed by atoms with Crippen molar-refractivity contribution in [3.8, 4) is 0 Å². The average Bonchev–Trinajstić information content (AvgIpc) is 2.11. The molecular weight excluding hydrogens is 158 g/mol. The summed E-state index contributed by atoms with van der Waals surface area (Å²) in [6.45, 7) is 3.04. The number of hydrogen-bond donors (Lipinski definition) is 2. The number of ether oxygens (including phenoxy) is 2. The molecule has 0 saturated carbocycles. The van der Waals surface area contributed by atoms with Crippen LogP contribution in [-0.2, 0) is 9.47 Å². The van der Waals surface area contributed by atoms with E-state index in [1.807, 2.05) is 6.92 Å². The van der Waals surface area contributed by atoms with E-state index in [0.717, 1.165) is 0 Å². The Morgan fingerprint density at radius 2 is 2.17 bits per heavy atom. The zero-order valence-electron chi connectivity index (χ0n) is 7.82. The second-order valence-corrected chi connectivity index (χ2v) is 2.66. The number of methoxy groups -OCH3 is 1. The van der Waals surface area contributed by atoms with Gasteiger partial charge < -0.3 is 20.3 Å². The lowest BCUT2D eigenvalue weighted by molar-refractivity contribution is -0.0457. The summed E-state index contributed by atoms with van der Waals surface area (Å²) in [5, 5.41) is 8.51. The van der Waals surface area contributed by atoms with Gasteiger partial charge in [-0.05, 0) is 13.3 Å². The molecule has 0 aromatic heterocycles. The van der Waals surface area contributed by atoms with E-state index in [2.05, 4.69) is 0 Å². The van der Waals surface area contributed by atoms with Crippen LogP contribution in [-0.4, -0.2) is 44.2 Å². The van der Waals surface area contributed by atoms with Crippen LogP contribution >= 0.6 is 0 Å². The lowest BCUT2D eigenvalue weighted by atomic mass is 10.2. The Kier molecular flexibility index (Phi) is 7.39. The summed E-state index contributed by atoms with van der Waals surface area (Å²) in [5.41, 5.74) is 5.46. The van der Waals surface area contributed by atoms with Gasteiger partial charge >= 0.3 is 0 Å². The van der Waals surface area contributed by atoms with Crippen molar-refractivity contribution in [3.05, 3.63) is 0 Å². The predicted molar refractivity (Wildman–Crippen MR) is 47.0 cm³/mol. The van der Waals surface area contributed by atoms with Gasteiger partial charge in [-0.25, -0.2) is 0 Å². The number of aliphatic hydroxyl groups excluding tert-OH is 1. The van der Waals surface area contributed by atoms with Gasteiger partial charge in [0.1, 0.15) is 0 Å². The minimum absolute atomic E-state index is 0.00805. The summed E-state index contributed by atoms with van der Waals surface area (Å²) in [4.78, 5) is 0. The molecule has 0 fully saturated rings. The minimum atomic E-state index is -0.0680. The first-order valence-corrected chi connectivity index (χ1v) is 4.21. The molecule has 12 heavy (non-hydrogen) atoms. The molecule has 4 heteroatoms. The first-order valence-electron chi connectivity index (χ1n) is 4.21. The summed E-state index contributed by atoms with van der Waals surface area (Å²) in [6, 6.07) is 0. The summed E-state index contributed by atoms with van der Waals surface area (Å²) in [5.74, 6) is 0. The Balaban J connectivity index is 3.52. The van der Waals surface area contributed by atoms with Crippen molar-refractivity contribution in [1.29, 1.82) is 0 Å². The Bertz CT molecular complexity index is 100. The topological polar surface area (TPSA) is 64.7 Å². The third-order valence-electron chi connectivity index (χ3n) is 1.76. The molecule has 0 amide bonds. The molecule has 0 aromatic rings. The standard InChI is InChI=1S/C8H19NO3/c1-7(11-2)8(6-9)12-5-3-4-10/h7-8,10H,3-6,9H2,1-2H3. The molecular formula is C8H19NO3. The zero-order valence-corrected chi connectivity index (χ0v) is 7.82. The molecule has 0 aromatic carbocycles. The molecule has 0 aliphatic heterocycles. The van der Waals surface area contributed by atoms with E-state index in [9.17, 15) is 0 Å². The fraction of sp³-hybridized carbons (Fsp3) is 1.00. The second-order valence-electron chi connectivity index (χ2n) is 2.66. The maximum atomic E-state index is 8.51. The molecule has 0 rings (SSSR count). The lowest BCUT2D eigenvalue weighted by Crippen LogP contribution is -2.35. The molecule has 0 heterocycles. The molecule has 0 bridgehead atoms. The van der Waals surface area contributed by atoms with E-state index in [-0.39, 0.29) is 18.8 Å². The molecule has 0 radical (unpaired) electrons. The smallest absolute Gasteiger partial charge is 0.0955 e.